The van der Waals surface area contributed by atoms with E-state index in [1.165, 1.54) is 0 Å². The Hall–Kier alpha value is -3.15. The van der Waals surface area contributed by atoms with Crippen LogP contribution < -0.4 is 10.3 Å². The first-order valence-electron chi connectivity index (χ1n) is 8.49. The van der Waals surface area contributed by atoms with Gasteiger partial charge < -0.3 is 15.0 Å². The SMILES string of the molecule is O=C(O)c1c(-c2ccccc2)[nH]c2cc(N3CCCC3)c(F)cc2c1=O. The molecule has 1 aliphatic heterocycles. The summed E-state index contributed by atoms with van der Waals surface area (Å²) in [4.78, 5) is 29.5. The summed E-state index contributed by atoms with van der Waals surface area (Å²) in [7, 11) is 0. The Kier molecular flexibility index (Phi) is 3.95. The number of nitrogens with one attached hydrogen (secondary N) is 1. The molecular formula is C20H17FN2O3. The molecule has 26 heavy (non-hydrogen) atoms. The third kappa shape index (κ3) is 2.63. The highest BCUT2D eigenvalue weighted by Gasteiger charge is 2.22. The van der Waals surface area contributed by atoms with Crippen molar-refractivity contribution in [1.82, 2.24) is 4.98 Å². The fourth-order valence-corrected chi connectivity index (χ4v) is 3.52. The van der Waals surface area contributed by atoms with Gasteiger partial charge in [-0.3, -0.25) is 4.79 Å². The zero-order chi connectivity index (χ0) is 18.3. The number of anilines is 1. The number of nitrogens with zero attached hydrogens (tertiary/aromatic N) is 1. The van der Waals surface area contributed by atoms with E-state index < -0.39 is 17.2 Å². The van der Waals surface area contributed by atoms with Gasteiger partial charge in [-0.05, 0) is 30.5 Å². The minimum absolute atomic E-state index is 0.0440. The van der Waals surface area contributed by atoms with E-state index in [1.54, 1.807) is 30.3 Å². The van der Waals surface area contributed by atoms with E-state index in [2.05, 4.69) is 4.98 Å². The Morgan fingerprint density at radius 1 is 1.12 bits per heavy atom. The van der Waals surface area contributed by atoms with Crippen molar-refractivity contribution < 1.29 is 14.3 Å². The predicted molar refractivity (Wildman–Crippen MR) is 98.4 cm³/mol. The first-order valence-corrected chi connectivity index (χ1v) is 8.49. The molecule has 0 atom stereocenters. The van der Waals surface area contributed by atoms with Gasteiger partial charge in [0.2, 0.25) is 5.43 Å². The Bertz CT molecular complexity index is 1050. The molecule has 2 aromatic carbocycles. The van der Waals surface area contributed by atoms with Crippen LogP contribution in [-0.2, 0) is 0 Å². The highest BCUT2D eigenvalue weighted by atomic mass is 19.1. The number of carboxylic acid groups (broad SMARTS) is 1. The van der Waals surface area contributed by atoms with Crippen LogP contribution >= 0.6 is 0 Å². The van der Waals surface area contributed by atoms with Gasteiger partial charge in [-0.15, -0.1) is 0 Å². The number of rotatable bonds is 3. The van der Waals surface area contributed by atoms with Crippen LogP contribution in [0.3, 0.4) is 0 Å². The maximum absolute atomic E-state index is 14.6. The van der Waals surface area contributed by atoms with Gasteiger partial charge >= 0.3 is 5.97 Å². The zero-order valence-electron chi connectivity index (χ0n) is 14.0. The molecule has 0 spiro atoms. The molecule has 1 aliphatic rings. The molecule has 0 aliphatic carbocycles. The molecule has 132 valence electrons. The van der Waals surface area contributed by atoms with E-state index in [0.29, 0.717) is 16.8 Å². The van der Waals surface area contributed by atoms with Crippen LogP contribution in [0.1, 0.15) is 23.2 Å². The summed E-state index contributed by atoms with van der Waals surface area (Å²) in [5.74, 6) is -1.84. The molecule has 6 heteroatoms. The summed E-state index contributed by atoms with van der Waals surface area (Å²) < 4.78 is 14.6. The first-order chi connectivity index (χ1) is 12.6. The van der Waals surface area contributed by atoms with Gasteiger partial charge in [0.25, 0.3) is 0 Å². The maximum Gasteiger partial charge on any atom is 0.341 e. The molecule has 2 heterocycles. The number of pyridine rings is 1. The van der Waals surface area contributed by atoms with Crippen LogP contribution in [0.2, 0.25) is 0 Å². The van der Waals surface area contributed by atoms with Gasteiger partial charge in [0.15, 0.2) is 0 Å². The summed E-state index contributed by atoms with van der Waals surface area (Å²) in [6, 6.07) is 11.6. The van der Waals surface area contributed by atoms with Crippen molar-refractivity contribution in [2.75, 3.05) is 18.0 Å². The number of aromatic nitrogens is 1. The Balaban J connectivity index is 2.01. The minimum Gasteiger partial charge on any atom is -0.477 e. The summed E-state index contributed by atoms with van der Waals surface area (Å²) in [6.07, 6.45) is 2.00. The van der Waals surface area contributed by atoms with Gasteiger partial charge in [0.1, 0.15) is 11.4 Å². The Labute approximate surface area is 148 Å². The second-order valence-electron chi connectivity index (χ2n) is 6.42. The topological polar surface area (TPSA) is 73.4 Å². The number of hydrogen-bond acceptors (Lipinski definition) is 3. The number of benzene rings is 2. The van der Waals surface area contributed by atoms with Gasteiger partial charge in [-0.1, -0.05) is 30.3 Å². The predicted octanol–water partition coefficient (Wildman–Crippen LogP) is 3.63. The summed E-state index contributed by atoms with van der Waals surface area (Å²) in [6.45, 7) is 1.54. The number of aromatic amines is 1. The lowest BCUT2D eigenvalue weighted by molar-refractivity contribution is 0.0696. The van der Waals surface area contributed by atoms with Crippen LogP contribution in [0.5, 0.6) is 0 Å². The molecule has 0 saturated carbocycles. The van der Waals surface area contributed by atoms with E-state index in [-0.39, 0.29) is 16.6 Å². The van der Waals surface area contributed by atoms with Crippen LogP contribution in [0.4, 0.5) is 10.1 Å². The zero-order valence-corrected chi connectivity index (χ0v) is 14.0. The van der Waals surface area contributed by atoms with Crippen LogP contribution in [0.15, 0.2) is 47.3 Å². The highest BCUT2D eigenvalue weighted by Crippen LogP contribution is 2.29. The number of aromatic carboxylic acids is 1. The molecule has 1 aromatic heterocycles. The Morgan fingerprint density at radius 2 is 1.81 bits per heavy atom. The van der Waals surface area contributed by atoms with E-state index in [9.17, 15) is 19.1 Å². The maximum atomic E-state index is 14.6. The number of carboxylic acids is 1. The second-order valence-corrected chi connectivity index (χ2v) is 6.42. The van der Waals surface area contributed by atoms with Crippen LogP contribution in [0, 0.1) is 5.82 Å². The molecule has 1 fully saturated rings. The molecule has 0 unspecified atom stereocenters. The Morgan fingerprint density at radius 3 is 2.46 bits per heavy atom. The number of carbonyl (C=O) groups is 1. The first kappa shape index (κ1) is 16.3. The summed E-state index contributed by atoms with van der Waals surface area (Å²) in [5, 5.41) is 9.59. The van der Waals surface area contributed by atoms with Crippen LogP contribution in [0.25, 0.3) is 22.2 Å². The fraction of sp³-hybridized carbons (Fsp3) is 0.200. The van der Waals surface area contributed by atoms with Crippen LogP contribution in [-0.4, -0.2) is 29.1 Å². The van der Waals surface area contributed by atoms with Crippen molar-refractivity contribution in [3.8, 4) is 11.3 Å². The van der Waals surface area contributed by atoms with Gasteiger partial charge in [0, 0.05) is 18.5 Å². The van der Waals surface area contributed by atoms with Crippen molar-refractivity contribution in [1.29, 1.82) is 0 Å². The van der Waals surface area contributed by atoms with Crippen molar-refractivity contribution in [3.05, 3.63) is 64.1 Å². The fourth-order valence-electron chi connectivity index (χ4n) is 3.52. The van der Waals surface area contributed by atoms with Crippen molar-refractivity contribution in [2.45, 2.75) is 12.8 Å². The molecule has 5 nitrogen and oxygen atoms in total. The largest absolute Gasteiger partial charge is 0.477 e. The third-order valence-corrected chi connectivity index (χ3v) is 4.79. The summed E-state index contributed by atoms with van der Waals surface area (Å²) in [5.41, 5.74) is 0.634. The molecule has 3 aromatic rings. The number of halogens is 1. The van der Waals surface area contributed by atoms with Gasteiger partial charge in [0.05, 0.1) is 16.9 Å². The monoisotopic (exact) mass is 352 g/mol. The molecule has 4 rings (SSSR count). The van der Waals surface area contributed by atoms with E-state index in [4.69, 9.17) is 0 Å². The molecule has 2 N–H and O–H groups in total. The van der Waals surface area contributed by atoms with E-state index in [1.807, 2.05) is 11.0 Å². The van der Waals surface area contributed by atoms with Gasteiger partial charge in [-0.2, -0.15) is 0 Å². The average molecular weight is 352 g/mol. The number of fused-ring (bicyclic) bond motifs is 1. The lowest BCUT2D eigenvalue weighted by Crippen LogP contribution is -2.21. The third-order valence-electron chi connectivity index (χ3n) is 4.79. The molecular weight excluding hydrogens is 335 g/mol. The molecule has 0 amide bonds. The van der Waals surface area contributed by atoms with Gasteiger partial charge in [-0.25, -0.2) is 9.18 Å². The molecule has 0 radical (unpaired) electrons. The lowest BCUT2D eigenvalue weighted by atomic mass is 10.0. The lowest BCUT2D eigenvalue weighted by Gasteiger charge is -2.19. The van der Waals surface area contributed by atoms with Crippen molar-refractivity contribution in [2.24, 2.45) is 0 Å². The number of hydrogen-bond donors (Lipinski definition) is 2. The highest BCUT2D eigenvalue weighted by molar-refractivity contribution is 5.99. The van der Waals surface area contributed by atoms with E-state index in [0.717, 1.165) is 32.0 Å². The molecule has 0 bridgehead atoms. The van der Waals surface area contributed by atoms with Crippen molar-refractivity contribution in [3.63, 3.8) is 0 Å². The molecule has 1 saturated heterocycles. The minimum atomic E-state index is -1.34. The standard InChI is InChI=1S/C20H17FN2O3/c21-14-10-13-15(11-16(14)23-8-4-5-9-23)22-18(12-6-2-1-3-7-12)17(19(13)24)20(25)26/h1-3,6-7,10-11H,4-5,8-9H2,(H,22,24)(H,25,26). The summed E-state index contributed by atoms with van der Waals surface area (Å²) >= 11 is 0. The second kappa shape index (κ2) is 6.29. The average Bonchev–Trinajstić information content (AvgIpc) is 3.16. The normalized spacial score (nSPS) is 14.1. The van der Waals surface area contributed by atoms with Crippen molar-refractivity contribution >= 4 is 22.6 Å². The van der Waals surface area contributed by atoms with E-state index >= 15 is 0 Å². The smallest absolute Gasteiger partial charge is 0.341 e. The number of H-pyrrole nitrogens is 1. The quantitative estimate of drug-likeness (QED) is 0.755.